The van der Waals surface area contributed by atoms with Crippen LogP contribution < -0.4 is 10.2 Å². The molecule has 0 spiro atoms. The van der Waals surface area contributed by atoms with Crippen molar-refractivity contribution in [1.29, 1.82) is 0 Å². The zero-order valence-electron chi connectivity index (χ0n) is 19.9. The first kappa shape index (κ1) is 24.6. The van der Waals surface area contributed by atoms with Crippen LogP contribution in [0.4, 0.5) is 5.69 Å². The fourth-order valence-electron chi connectivity index (χ4n) is 4.39. The number of nitrogens with one attached hydrogen (secondary N) is 1. The third kappa shape index (κ3) is 4.69. The van der Waals surface area contributed by atoms with Gasteiger partial charge in [0.2, 0.25) is 11.8 Å². The molecule has 34 heavy (non-hydrogen) atoms. The van der Waals surface area contributed by atoms with Gasteiger partial charge in [0.25, 0.3) is 0 Å². The highest BCUT2D eigenvalue weighted by Crippen LogP contribution is 2.44. The molecule has 0 aliphatic carbocycles. The second kappa shape index (κ2) is 10.4. The highest BCUT2D eigenvalue weighted by molar-refractivity contribution is 8.00. The fraction of sp³-hybridized carbons (Fsp3) is 0.385. The average Bonchev–Trinajstić information content (AvgIpc) is 2.98. The molecule has 1 aliphatic heterocycles. The van der Waals surface area contributed by atoms with Gasteiger partial charge in [-0.05, 0) is 51.0 Å². The summed E-state index contributed by atoms with van der Waals surface area (Å²) in [6, 6.07) is 12.7. The lowest BCUT2D eigenvalue weighted by molar-refractivity contribution is -0.125. The van der Waals surface area contributed by atoms with Crippen molar-refractivity contribution in [3.05, 3.63) is 58.6 Å². The molecule has 1 unspecified atom stereocenters. The number of hydrogen-bond donors (Lipinski definition) is 1. The minimum absolute atomic E-state index is 0.126. The van der Waals surface area contributed by atoms with Gasteiger partial charge in [-0.3, -0.25) is 14.5 Å². The van der Waals surface area contributed by atoms with Crippen LogP contribution in [0.3, 0.4) is 0 Å². The first-order chi connectivity index (χ1) is 16.3. The third-order valence-corrected chi connectivity index (χ3v) is 7.61. The van der Waals surface area contributed by atoms with Crippen LogP contribution in [-0.2, 0) is 21.4 Å². The molecule has 0 saturated carbocycles. The van der Waals surface area contributed by atoms with Gasteiger partial charge in [0.1, 0.15) is 6.04 Å². The van der Waals surface area contributed by atoms with Crippen molar-refractivity contribution in [2.24, 2.45) is 7.05 Å². The number of aryl methyl sites for hydroxylation is 1. The van der Waals surface area contributed by atoms with Crippen LogP contribution in [0.25, 0.3) is 10.9 Å². The Labute approximate surface area is 209 Å². The van der Waals surface area contributed by atoms with Crippen molar-refractivity contribution in [1.82, 2.24) is 9.88 Å². The van der Waals surface area contributed by atoms with Gasteiger partial charge in [-0.1, -0.05) is 47.6 Å². The maximum atomic E-state index is 13.8. The molecule has 8 heteroatoms. The summed E-state index contributed by atoms with van der Waals surface area (Å²) >= 11 is 7.90. The van der Waals surface area contributed by atoms with Crippen LogP contribution in [0.15, 0.2) is 47.5 Å². The van der Waals surface area contributed by atoms with E-state index >= 15 is 0 Å². The molecule has 1 aliphatic rings. The van der Waals surface area contributed by atoms with Gasteiger partial charge < -0.3 is 14.6 Å². The van der Waals surface area contributed by atoms with Gasteiger partial charge in [-0.15, -0.1) is 0 Å². The number of anilines is 1. The molecule has 1 atom stereocenters. The van der Waals surface area contributed by atoms with Crippen LogP contribution in [-0.4, -0.2) is 41.4 Å². The molecule has 0 saturated heterocycles. The SMILES string of the molecule is Cc1c(Cl)cccc1N1C(=O)CSc2c(c3ccccc3n2C)C1C(=O)NCCCOC(C)C. The monoisotopic (exact) mass is 499 g/mol. The van der Waals surface area contributed by atoms with E-state index in [1.165, 1.54) is 11.8 Å². The number of benzene rings is 2. The lowest BCUT2D eigenvalue weighted by Gasteiger charge is -2.31. The van der Waals surface area contributed by atoms with Gasteiger partial charge in [-0.2, -0.15) is 0 Å². The number of ether oxygens (including phenoxy) is 1. The van der Waals surface area contributed by atoms with Crippen molar-refractivity contribution >= 4 is 51.8 Å². The standard InChI is InChI=1S/C26H30ClN3O3S/c1-16(2)33-14-8-13-28-25(32)24-23-18-9-5-6-11-21(18)29(4)26(23)34-15-22(31)30(24)20-12-7-10-19(27)17(20)3/h5-7,9-12,16,24H,8,13-15H2,1-4H3,(H,28,32). The predicted molar refractivity (Wildman–Crippen MR) is 139 cm³/mol. The molecular formula is C26H30ClN3O3S. The summed E-state index contributed by atoms with van der Waals surface area (Å²) in [5.41, 5.74) is 3.31. The zero-order chi connectivity index (χ0) is 24.4. The number of thioether (sulfide) groups is 1. The topological polar surface area (TPSA) is 63.6 Å². The first-order valence-corrected chi connectivity index (χ1v) is 12.8. The Morgan fingerprint density at radius 1 is 1.24 bits per heavy atom. The molecule has 180 valence electrons. The Kier molecular flexibility index (Phi) is 7.55. The predicted octanol–water partition coefficient (Wildman–Crippen LogP) is 5.25. The van der Waals surface area contributed by atoms with E-state index in [9.17, 15) is 9.59 Å². The maximum Gasteiger partial charge on any atom is 0.247 e. The minimum atomic E-state index is -0.813. The summed E-state index contributed by atoms with van der Waals surface area (Å²) in [5.74, 6) is -0.105. The summed E-state index contributed by atoms with van der Waals surface area (Å²) in [5, 5.41) is 5.52. The van der Waals surface area contributed by atoms with Crippen LogP contribution in [0, 0.1) is 6.92 Å². The average molecular weight is 500 g/mol. The Hall–Kier alpha value is -2.48. The largest absolute Gasteiger partial charge is 0.379 e. The Balaban J connectivity index is 1.80. The minimum Gasteiger partial charge on any atom is -0.379 e. The second-order valence-corrected chi connectivity index (χ2v) is 10.1. The summed E-state index contributed by atoms with van der Waals surface area (Å²) in [7, 11) is 1.98. The molecule has 1 aromatic heterocycles. The van der Waals surface area contributed by atoms with Crippen LogP contribution in [0.5, 0.6) is 0 Å². The fourth-order valence-corrected chi connectivity index (χ4v) is 5.63. The molecule has 3 aromatic rings. The van der Waals surface area contributed by atoms with E-state index in [1.807, 2.05) is 64.2 Å². The van der Waals surface area contributed by atoms with E-state index in [-0.39, 0.29) is 23.7 Å². The second-order valence-electron chi connectivity index (χ2n) is 8.70. The molecule has 0 fully saturated rings. The summed E-state index contributed by atoms with van der Waals surface area (Å²) in [6.45, 7) is 6.88. The smallest absolute Gasteiger partial charge is 0.247 e. The van der Waals surface area contributed by atoms with E-state index < -0.39 is 6.04 Å². The molecule has 0 radical (unpaired) electrons. The summed E-state index contributed by atoms with van der Waals surface area (Å²) in [6.07, 6.45) is 0.838. The number of amides is 2. The Bertz CT molecular complexity index is 1220. The Morgan fingerprint density at radius 2 is 2.00 bits per heavy atom. The molecule has 2 heterocycles. The van der Waals surface area contributed by atoms with Crippen molar-refractivity contribution in [2.45, 2.75) is 44.4 Å². The number of hydrogen-bond acceptors (Lipinski definition) is 4. The molecule has 6 nitrogen and oxygen atoms in total. The van der Waals surface area contributed by atoms with E-state index in [0.29, 0.717) is 30.3 Å². The van der Waals surface area contributed by atoms with Gasteiger partial charge >= 0.3 is 0 Å². The zero-order valence-corrected chi connectivity index (χ0v) is 21.5. The number of aromatic nitrogens is 1. The number of rotatable bonds is 7. The number of para-hydroxylation sites is 1. The van der Waals surface area contributed by atoms with E-state index in [1.54, 1.807) is 11.0 Å². The lowest BCUT2D eigenvalue weighted by Crippen LogP contribution is -2.44. The van der Waals surface area contributed by atoms with Crippen LogP contribution in [0.1, 0.15) is 37.4 Å². The molecule has 2 aromatic carbocycles. The van der Waals surface area contributed by atoms with Gasteiger partial charge in [0, 0.05) is 47.4 Å². The van der Waals surface area contributed by atoms with Crippen LogP contribution >= 0.6 is 23.4 Å². The van der Waals surface area contributed by atoms with Crippen molar-refractivity contribution in [3.63, 3.8) is 0 Å². The molecule has 0 bridgehead atoms. The van der Waals surface area contributed by atoms with E-state index in [2.05, 4.69) is 9.88 Å². The Morgan fingerprint density at radius 3 is 2.76 bits per heavy atom. The van der Waals surface area contributed by atoms with Gasteiger partial charge in [-0.25, -0.2) is 0 Å². The molecular weight excluding hydrogens is 470 g/mol. The molecule has 4 rings (SSSR count). The maximum absolute atomic E-state index is 13.8. The first-order valence-electron chi connectivity index (χ1n) is 11.5. The number of halogens is 1. The number of fused-ring (bicyclic) bond motifs is 3. The quantitative estimate of drug-likeness (QED) is 0.451. The van der Waals surface area contributed by atoms with E-state index in [4.69, 9.17) is 16.3 Å². The van der Waals surface area contributed by atoms with Crippen molar-refractivity contribution in [2.75, 3.05) is 23.8 Å². The molecule has 2 amide bonds. The van der Waals surface area contributed by atoms with Crippen LogP contribution in [0.2, 0.25) is 5.02 Å². The summed E-state index contributed by atoms with van der Waals surface area (Å²) < 4.78 is 7.68. The highest BCUT2D eigenvalue weighted by Gasteiger charge is 2.40. The van der Waals surface area contributed by atoms with Gasteiger partial charge in [0.05, 0.1) is 16.9 Å². The van der Waals surface area contributed by atoms with Gasteiger partial charge in [0.15, 0.2) is 0 Å². The lowest BCUT2D eigenvalue weighted by atomic mass is 10.0. The molecule has 1 N–H and O–H groups in total. The van der Waals surface area contributed by atoms with Crippen molar-refractivity contribution in [3.8, 4) is 0 Å². The number of carbonyl (C=O) groups excluding carboxylic acids is 2. The number of nitrogens with zero attached hydrogens (tertiary/aromatic N) is 2. The van der Waals surface area contributed by atoms with E-state index in [0.717, 1.165) is 27.1 Å². The number of carbonyl (C=O) groups is 2. The third-order valence-electron chi connectivity index (χ3n) is 6.04. The van der Waals surface area contributed by atoms with Crippen molar-refractivity contribution < 1.29 is 14.3 Å². The highest BCUT2D eigenvalue weighted by atomic mass is 35.5. The normalized spacial score (nSPS) is 16.1. The summed E-state index contributed by atoms with van der Waals surface area (Å²) in [4.78, 5) is 28.9.